The van der Waals surface area contributed by atoms with Crippen molar-refractivity contribution in [2.45, 2.75) is 32.6 Å². The fraction of sp³-hybridized carbons (Fsp3) is 0.450. The summed E-state index contributed by atoms with van der Waals surface area (Å²) in [5.74, 6) is 2.68. The van der Waals surface area contributed by atoms with Crippen molar-refractivity contribution in [3.63, 3.8) is 0 Å². The van der Waals surface area contributed by atoms with Gasteiger partial charge in [0.15, 0.2) is 23.9 Å². The Morgan fingerprint density at radius 1 is 1.33 bits per heavy atom. The van der Waals surface area contributed by atoms with Gasteiger partial charge in [0.25, 0.3) is 5.91 Å². The van der Waals surface area contributed by atoms with Crippen LogP contribution in [0, 0.1) is 6.92 Å². The van der Waals surface area contributed by atoms with Gasteiger partial charge >= 0.3 is 0 Å². The summed E-state index contributed by atoms with van der Waals surface area (Å²) >= 11 is 0. The summed E-state index contributed by atoms with van der Waals surface area (Å²) in [4.78, 5) is 18.6. The van der Waals surface area contributed by atoms with Crippen LogP contribution < -0.4 is 9.47 Å². The molecule has 0 saturated carbocycles. The Balaban J connectivity index is 1.53. The first kappa shape index (κ1) is 18.9. The first-order chi connectivity index (χ1) is 13.1. The second-order valence-electron chi connectivity index (χ2n) is 6.53. The Labute approximate surface area is 159 Å². The van der Waals surface area contributed by atoms with E-state index in [0.29, 0.717) is 36.3 Å². The van der Waals surface area contributed by atoms with Gasteiger partial charge in [-0.05, 0) is 44.4 Å². The number of aryl methyl sites for hydroxylation is 1. The minimum Gasteiger partial charge on any atom is -0.493 e. The van der Waals surface area contributed by atoms with Gasteiger partial charge in [0.1, 0.15) is 0 Å². The van der Waals surface area contributed by atoms with E-state index in [4.69, 9.17) is 14.0 Å². The molecule has 1 aliphatic heterocycles. The number of hydrogen-bond donors (Lipinski definition) is 0. The third-order valence-electron chi connectivity index (χ3n) is 4.64. The number of methoxy groups -OCH3 is 1. The quantitative estimate of drug-likeness (QED) is 0.776. The Morgan fingerprint density at radius 3 is 2.74 bits per heavy atom. The number of nitrogens with zero attached hydrogens (tertiary/aromatic N) is 3. The van der Waals surface area contributed by atoms with Crippen molar-refractivity contribution in [3.05, 3.63) is 41.6 Å². The van der Waals surface area contributed by atoms with Crippen molar-refractivity contribution < 1.29 is 18.8 Å². The molecule has 1 amide bonds. The zero-order valence-electron chi connectivity index (χ0n) is 16.0. The molecule has 0 N–H and O–H groups in total. The normalized spacial score (nSPS) is 15.3. The van der Waals surface area contributed by atoms with Crippen molar-refractivity contribution in [2.24, 2.45) is 0 Å². The summed E-state index contributed by atoms with van der Waals surface area (Å²) in [6.45, 7) is 5.07. The average molecular weight is 371 g/mol. The summed E-state index contributed by atoms with van der Waals surface area (Å²) in [6.07, 6.45) is 5.56. The van der Waals surface area contributed by atoms with Crippen LogP contribution in [0.25, 0.3) is 6.08 Å². The van der Waals surface area contributed by atoms with Gasteiger partial charge in [0.05, 0.1) is 7.11 Å². The molecule has 1 aromatic heterocycles. The van der Waals surface area contributed by atoms with Crippen LogP contribution in [0.3, 0.4) is 0 Å². The van der Waals surface area contributed by atoms with E-state index in [9.17, 15) is 4.79 Å². The number of carbonyl (C=O) groups is 1. The molecule has 0 aliphatic carbocycles. The van der Waals surface area contributed by atoms with Crippen molar-refractivity contribution in [1.82, 2.24) is 15.0 Å². The summed E-state index contributed by atoms with van der Waals surface area (Å²) in [5, 5.41) is 3.84. The number of likely N-dealkylation sites (tertiary alicyclic amines) is 1. The monoisotopic (exact) mass is 371 g/mol. The number of amides is 1. The van der Waals surface area contributed by atoms with Crippen LogP contribution >= 0.6 is 0 Å². The number of rotatable bonds is 6. The SMILES string of the molecule is CC=Cc1ccc(OCC(=O)N2CCC(c3nc(C)no3)CC2)c(OC)c1. The van der Waals surface area contributed by atoms with Crippen LogP contribution in [0.4, 0.5) is 0 Å². The summed E-state index contributed by atoms with van der Waals surface area (Å²) < 4.78 is 16.3. The number of piperidine rings is 1. The Hall–Kier alpha value is -2.83. The smallest absolute Gasteiger partial charge is 0.260 e. The Kier molecular flexibility index (Phi) is 6.11. The molecule has 0 radical (unpaired) electrons. The molecule has 1 saturated heterocycles. The van der Waals surface area contributed by atoms with Crippen molar-refractivity contribution in [3.8, 4) is 11.5 Å². The molecular weight excluding hydrogens is 346 g/mol. The van der Waals surface area contributed by atoms with Gasteiger partial charge in [-0.2, -0.15) is 4.98 Å². The predicted octanol–water partition coefficient (Wildman–Crippen LogP) is 3.20. The number of hydrogen-bond acceptors (Lipinski definition) is 6. The van der Waals surface area contributed by atoms with Gasteiger partial charge in [-0.1, -0.05) is 23.4 Å². The molecule has 1 aromatic carbocycles. The van der Waals surface area contributed by atoms with Gasteiger partial charge in [0, 0.05) is 19.0 Å². The molecule has 0 atom stereocenters. The first-order valence-electron chi connectivity index (χ1n) is 9.12. The van der Waals surface area contributed by atoms with E-state index in [2.05, 4.69) is 10.1 Å². The number of benzene rings is 1. The first-order valence-corrected chi connectivity index (χ1v) is 9.12. The highest BCUT2D eigenvalue weighted by atomic mass is 16.5. The molecule has 2 heterocycles. The van der Waals surface area contributed by atoms with E-state index < -0.39 is 0 Å². The lowest BCUT2D eigenvalue weighted by atomic mass is 9.97. The minimum absolute atomic E-state index is 0.0103. The molecule has 7 nitrogen and oxygen atoms in total. The molecule has 1 aliphatic rings. The molecule has 3 rings (SSSR count). The van der Waals surface area contributed by atoms with E-state index in [1.165, 1.54) is 0 Å². The van der Waals surface area contributed by atoms with Crippen LogP contribution in [-0.4, -0.2) is 47.8 Å². The van der Waals surface area contributed by atoms with Crippen molar-refractivity contribution in [2.75, 3.05) is 26.8 Å². The molecule has 144 valence electrons. The highest BCUT2D eigenvalue weighted by Gasteiger charge is 2.27. The highest BCUT2D eigenvalue weighted by Crippen LogP contribution is 2.29. The molecule has 1 fully saturated rings. The van der Waals surface area contributed by atoms with Crippen LogP contribution in [-0.2, 0) is 4.79 Å². The second-order valence-corrected chi connectivity index (χ2v) is 6.53. The third-order valence-corrected chi connectivity index (χ3v) is 4.64. The fourth-order valence-electron chi connectivity index (χ4n) is 3.19. The Morgan fingerprint density at radius 2 is 2.11 bits per heavy atom. The van der Waals surface area contributed by atoms with Crippen molar-refractivity contribution in [1.29, 1.82) is 0 Å². The largest absolute Gasteiger partial charge is 0.493 e. The topological polar surface area (TPSA) is 77.7 Å². The standard InChI is InChI=1S/C20H25N3O4/c1-4-5-15-6-7-17(18(12-15)25-3)26-13-19(24)23-10-8-16(9-11-23)20-21-14(2)22-27-20/h4-7,12,16H,8-11,13H2,1-3H3. The summed E-state index contributed by atoms with van der Waals surface area (Å²) in [5.41, 5.74) is 1.02. The number of allylic oxidation sites excluding steroid dienone is 1. The Bertz CT molecular complexity index is 807. The summed E-state index contributed by atoms with van der Waals surface area (Å²) in [7, 11) is 1.59. The zero-order chi connectivity index (χ0) is 19.2. The molecule has 0 unspecified atom stereocenters. The van der Waals surface area contributed by atoms with E-state index in [1.54, 1.807) is 7.11 Å². The van der Waals surface area contributed by atoms with E-state index >= 15 is 0 Å². The van der Waals surface area contributed by atoms with Crippen LogP contribution in [0.15, 0.2) is 28.8 Å². The third kappa shape index (κ3) is 4.67. The van der Waals surface area contributed by atoms with Gasteiger partial charge in [-0.3, -0.25) is 4.79 Å². The lowest BCUT2D eigenvalue weighted by Gasteiger charge is -2.30. The zero-order valence-corrected chi connectivity index (χ0v) is 16.0. The van der Waals surface area contributed by atoms with E-state index in [0.717, 1.165) is 18.4 Å². The maximum absolute atomic E-state index is 12.5. The maximum atomic E-state index is 12.5. The molecule has 0 spiro atoms. The minimum atomic E-state index is -0.0326. The number of ether oxygens (including phenoxy) is 2. The fourth-order valence-corrected chi connectivity index (χ4v) is 3.19. The van der Waals surface area contributed by atoms with Crippen molar-refractivity contribution >= 4 is 12.0 Å². The lowest BCUT2D eigenvalue weighted by Crippen LogP contribution is -2.40. The molecule has 2 aromatic rings. The molecular formula is C20H25N3O4. The average Bonchev–Trinajstić information content (AvgIpc) is 3.13. The summed E-state index contributed by atoms with van der Waals surface area (Å²) in [6, 6.07) is 5.64. The van der Waals surface area contributed by atoms with E-state index in [-0.39, 0.29) is 18.4 Å². The molecule has 7 heteroatoms. The van der Waals surface area contributed by atoms with Gasteiger partial charge in [-0.15, -0.1) is 0 Å². The van der Waals surface area contributed by atoms with Crippen LogP contribution in [0.1, 0.15) is 43.0 Å². The van der Waals surface area contributed by atoms with E-state index in [1.807, 2.05) is 49.1 Å². The lowest BCUT2D eigenvalue weighted by molar-refractivity contribution is -0.134. The van der Waals surface area contributed by atoms with Gasteiger partial charge in [-0.25, -0.2) is 0 Å². The number of aromatic nitrogens is 2. The molecule has 27 heavy (non-hydrogen) atoms. The van der Waals surface area contributed by atoms with Crippen LogP contribution in [0.2, 0.25) is 0 Å². The second kappa shape index (κ2) is 8.70. The predicted molar refractivity (Wildman–Crippen MR) is 101 cm³/mol. The number of carbonyl (C=O) groups excluding carboxylic acids is 1. The van der Waals surface area contributed by atoms with Gasteiger partial charge in [0.2, 0.25) is 5.89 Å². The maximum Gasteiger partial charge on any atom is 0.260 e. The van der Waals surface area contributed by atoms with Crippen LogP contribution in [0.5, 0.6) is 11.5 Å². The molecule has 0 bridgehead atoms. The van der Waals surface area contributed by atoms with Gasteiger partial charge < -0.3 is 18.9 Å². The highest BCUT2D eigenvalue weighted by molar-refractivity contribution is 5.78.